The molecule has 0 radical (unpaired) electrons. The van der Waals surface area contributed by atoms with Crippen molar-refractivity contribution < 1.29 is 14.3 Å². The highest BCUT2D eigenvalue weighted by Gasteiger charge is 2.38. The molecule has 0 aliphatic heterocycles. The predicted molar refractivity (Wildman–Crippen MR) is 153 cm³/mol. The number of rotatable bonds is 16. The van der Waals surface area contributed by atoms with Crippen molar-refractivity contribution in [3.05, 3.63) is 54.1 Å². The molecule has 0 bridgehead atoms. The van der Waals surface area contributed by atoms with Gasteiger partial charge >= 0.3 is 5.97 Å². The van der Waals surface area contributed by atoms with Crippen LogP contribution in [0.4, 0.5) is 11.4 Å². The van der Waals surface area contributed by atoms with E-state index in [2.05, 4.69) is 51.8 Å². The predicted octanol–water partition coefficient (Wildman–Crippen LogP) is 9.77. The van der Waals surface area contributed by atoms with Crippen LogP contribution in [-0.4, -0.2) is 19.2 Å². The zero-order valence-corrected chi connectivity index (χ0v) is 24.2. The number of ether oxygens (including phenoxy) is 2. The van der Waals surface area contributed by atoms with E-state index in [1.165, 1.54) is 0 Å². The molecular formula is C32H48N2O3. The fraction of sp³-hybridized carbons (Fsp3) is 0.594. The highest BCUT2D eigenvalue weighted by molar-refractivity contribution is 5.73. The van der Waals surface area contributed by atoms with Gasteiger partial charge in [0.15, 0.2) is 0 Å². The number of aryl methyl sites for hydroxylation is 1. The number of unbranched alkanes of at least 4 members (excludes halogenated alkanes) is 3. The molecule has 2 aromatic rings. The molecule has 2 aromatic carbocycles. The summed E-state index contributed by atoms with van der Waals surface area (Å²) in [5.74, 6) is 0.748. The van der Waals surface area contributed by atoms with Crippen molar-refractivity contribution in [3.8, 4) is 5.75 Å². The molecule has 1 atom stereocenters. The second-order valence-electron chi connectivity index (χ2n) is 11.5. The maximum atomic E-state index is 12.9. The van der Waals surface area contributed by atoms with Crippen LogP contribution in [0.3, 0.4) is 0 Å². The van der Waals surface area contributed by atoms with Crippen LogP contribution in [-0.2, 0) is 9.53 Å². The van der Waals surface area contributed by atoms with Crippen molar-refractivity contribution >= 4 is 17.3 Å². The van der Waals surface area contributed by atoms with Crippen molar-refractivity contribution in [2.75, 3.05) is 13.2 Å². The molecule has 0 fully saturated rings. The van der Waals surface area contributed by atoms with E-state index >= 15 is 0 Å². The second-order valence-corrected chi connectivity index (χ2v) is 11.5. The quantitative estimate of drug-likeness (QED) is 0.129. The summed E-state index contributed by atoms with van der Waals surface area (Å²) in [5.41, 5.74) is 2.87. The summed E-state index contributed by atoms with van der Waals surface area (Å²) in [6.45, 7) is 16.4. The molecule has 0 heterocycles. The molecule has 0 amide bonds. The number of hydrogen-bond acceptors (Lipinski definition) is 5. The minimum atomic E-state index is -0.0591. The van der Waals surface area contributed by atoms with E-state index in [1.807, 2.05) is 55.5 Å². The Bertz CT molecular complexity index is 980. The van der Waals surface area contributed by atoms with Crippen LogP contribution in [0.25, 0.3) is 0 Å². The molecule has 0 aromatic heterocycles. The Morgan fingerprint density at radius 1 is 0.838 bits per heavy atom. The zero-order valence-electron chi connectivity index (χ0n) is 24.2. The van der Waals surface area contributed by atoms with Gasteiger partial charge < -0.3 is 9.47 Å². The standard InChI is InChI=1S/C32H48N2O3/c1-8-31(4,5)24-28(32(6,7)9-2)30(35)37-23-15-11-10-14-22-36-27-20-18-26(19-21-27)33-34-29-17-13-12-16-25(29)3/h12-13,16-21,28H,8-11,14-15,22-24H2,1-7H3/b34-33+. The van der Waals surface area contributed by atoms with E-state index in [1.54, 1.807) is 0 Å². The van der Waals surface area contributed by atoms with Gasteiger partial charge in [0.25, 0.3) is 0 Å². The van der Waals surface area contributed by atoms with Crippen molar-refractivity contribution in [2.24, 2.45) is 27.0 Å². The van der Waals surface area contributed by atoms with Gasteiger partial charge in [-0.1, -0.05) is 72.6 Å². The highest BCUT2D eigenvalue weighted by Crippen LogP contribution is 2.40. The lowest BCUT2D eigenvalue weighted by atomic mass is 9.68. The monoisotopic (exact) mass is 508 g/mol. The molecule has 0 aliphatic rings. The topological polar surface area (TPSA) is 60.2 Å². The van der Waals surface area contributed by atoms with E-state index in [0.29, 0.717) is 13.2 Å². The Hall–Kier alpha value is -2.69. The fourth-order valence-corrected chi connectivity index (χ4v) is 4.04. The van der Waals surface area contributed by atoms with E-state index in [0.717, 1.165) is 67.6 Å². The van der Waals surface area contributed by atoms with Crippen molar-refractivity contribution in [1.82, 2.24) is 0 Å². The van der Waals surface area contributed by atoms with Gasteiger partial charge in [0.05, 0.1) is 30.5 Å². The van der Waals surface area contributed by atoms with Gasteiger partial charge in [-0.05, 0) is 85.8 Å². The zero-order chi connectivity index (χ0) is 27.3. The lowest BCUT2D eigenvalue weighted by Gasteiger charge is -2.37. The van der Waals surface area contributed by atoms with Crippen molar-refractivity contribution in [2.45, 2.75) is 93.4 Å². The average Bonchev–Trinajstić information content (AvgIpc) is 2.89. The number of nitrogens with zero attached hydrogens (tertiary/aromatic N) is 2. The average molecular weight is 509 g/mol. The first kappa shape index (κ1) is 30.5. The maximum Gasteiger partial charge on any atom is 0.309 e. The molecule has 1 unspecified atom stereocenters. The summed E-state index contributed by atoms with van der Waals surface area (Å²) < 4.78 is 11.6. The molecular weight excluding hydrogens is 460 g/mol. The number of carbonyl (C=O) groups is 1. The molecule has 0 spiro atoms. The van der Waals surface area contributed by atoms with Crippen LogP contribution in [0, 0.1) is 23.7 Å². The number of hydrogen-bond donors (Lipinski definition) is 0. The van der Waals surface area contributed by atoms with E-state index in [-0.39, 0.29) is 22.7 Å². The Balaban J connectivity index is 1.65. The first-order valence-electron chi connectivity index (χ1n) is 13.9. The molecule has 5 nitrogen and oxygen atoms in total. The van der Waals surface area contributed by atoms with Gasteiger partial charge in [-0.25, -0.2) is 0 Å². The molecule has 0 aliphatic carbocycles. The third kappa shape index (κ3) is 10.7. The Morgan fingerprint density at radius 3 is 2.11 bits per heavy atom. The summed E-state index contributed by atoms with van der Waals surface area (Å²) in [6, 6.07) is 15.6. The number of benzene rings is 2. The summed E-state index contributed by atoms with van der Waals surface area (Å²) in [5, 5.41) is 8.64. The van der Waals surface area contributed by atoms with Gasteiger partial charge in [-0.2, -0.15) is 10.2 Å². The third-order valence-electron chi connectivity index (χ3n) is 7.63. The van der Waals surface area contributed by atoms with Gasteiger partial charge in [0, 0.05) is 0 Å². The van der Waals surface area contributed by atoms with Crippen molar-refractivity contribution in [3.63, 3.8) is 0 Å². The van der Waals surface area contributed by atoms with Crippen LogP contribution in [0.15, 0.2) is 58.8 Å². The van der Waals surface area contributed by atoms with Crippen LogP contribution in [0.1, 0.15) is 92.1 Å². The lowest BCUT2D eigenvalue weighted by Crippen LogP contribution is -2.35. The summed E-state index contributed by atoms with van der Waals surface area (Å²) in [7, 11) is 0. The summed E-state index contributed by atoms with van der Waals surface area (Å²) in [4.78, 5) is 12.9. The largest absolute Gasteiger partial charge is 0.494 e. The minimum Gasteiger partial charge on any atom is -0.494 e. The van der Waals surface area contributed by atoms with Crippen LogP contribution in [0.5, 0.6) is 5.75 Å². The smallest absolute Gasteiger partial charge is 0.309 e. The Labute approximate surface area is 225 Å². The molecule has 0 N–H and O–H groups in total. The van der Waals surface area contributed by atoms with Crippen molar-refractivity contribution in [1.29, 1.82) is 0 Å². The first-order chi connectivity index (χ1) is 17.6. The minimum absolute atomic E-state index is 0.0291. The maximum absolute atomic E-state index is 12.9. The van der Waals surface area contributed by atoms with E-state index in [9.17, 15) is 4.79 Å². The number of azo groups is 1. The summed E-state index contributed by atoms with van der Waals surface area (Å²) in [6.07, 6.45) is 6.83. The van der Waals surface area contributed by atoms with Gasteiger partial charge in [-0.3, -0.25) is 4.79 Å². The SMILES string of the molecule is CCC(C)(C)CC(C(=O)OCCCCCCOc1ccc(/N=N/c2ccccc2C)cc1)C(C)(C)CC. The highest BCUT2D eigenvalue weighted by atomic mass is 16.5. The molecule has 0 saturated heterocycles. The van der Waals surface area contributed by atoms with Gasteiger partial charge in [0.1, 0.15) is 5.75 Å². The first-order valence-corrected chi connectivity index (χ1v) is 13.9. The number of carbonyl (C=O) groups excluding carboxylic acids is 1. The van der Waals surface area contributed by atoms with Crippen LogP contribution < -0.4 is 4.74 Å². The molecule has 204 valence electrons. The summed E-state index contributed by atoms with van der Waals surface area (Å²) >= 11 is 0. The van der Waals surface area contributed by atoms with Gasteiger partial charge in [-0.15, -0.1) is 0 Å². The Kier molecular flexibility index (Phi) is 12.3. The molecule has 37 heavy (non-hydrogen) atoms. The van der Waals surface area contributed by atoms with Crippen LogP contribution in [0.2, 0.25) is 0 Å². The second kappa shape index (κ2) is 14.9. The molecule has 5 heteroatoms. The normalized spacial score (nSPS) is 13.1. The Morgan fingerprint density at radius 2 is 1.49 bits per heavy atom. The van der Waals surface area contributed by atoms with Crippen LogP contribution >= 0.6 is 0 Å². The number of esters is 1. The lowest BCUT2D eigenvalue weighted by molar-refractivity contribution is -0.154. The third-order valence-corrected chi connectivity index (χ3v) is 7.63. The van der Waals surface area contributed by atoms with Gasteiger partial charge in [0.2, 0.25) is 0 Å². The van der Waals surface area contributed by atoms with E-state index < -0.39 is 0 Å². The fourth-order valence-electron chi connectivity index (χ4n) is 4.04. The molecule has 2 rings (SSSR count). The van der Waals surface area contributed by atoms with E-state index in [4.69, 9.17) is 9.47 Å². The molecule has 0 saturated carbocycles.